The molecule has 5 heteroatoms. The molecule has 0 radical (unpaired) electrons. The number of halogens is 1. The van der Waals surface area contributed by atoms with E-state index < -0.39 is 6.10 Å². The van der Waals surface area contributed by atoms with Crippen LogP contribution >= 0.6 is 15.9 Å². The van der Waals surface area contributed by atoms with Crippen LogP contribution in [0.15, 0.2) is 28.7 Å². The highest BCUT2D eigenvalue weighted by Crippen LogP contribution is 2.14. The molecule has 0 bridgehead atoms. The van der Waals surface area contributed by atoms with Crippen LogP contribution in [0.2, 0.25) is 0 Å². The number of amides is 1. The second-order valence-electron chi connectivity index (χ2n) is 4.67. The van der Waals surface area contributed by atoms with Crippen LogP contribution in [-0.4, -0.2) is 41.7 Å². The van der Waals surface area contributed by atoms with E-state index in [0.29, 0.717) is 19.5 Å². The van der Waals surface area contributed by atoms with E-state index in [1.165, 1.54) is 0 Å². The van der Waals surface area contributed by atoms with Gasteiger partial charge >= 0.3 is 0 Å². The first-order chi connectivity index (χ1) is 8.56. The molecule has 98 valence electrons. The van der Waals surface area contributed by atoms with E-state index in [-0.39, 0.29) is 11.9 Å². The third kappa shape index (κ3) is 3.31. The summed E-state index contributed by atoms with van der Waals surface area (Å²) in [6, 6.07) is 7.66. The topological polar surface area (TPSA) is 52.6 Å². The van der Waals surface area contributed by atoms with Crippen molar-refractivity contribution in [1.29, 1.82) is 0 Å². The maximum Gasteiger partial charge on any atom is 0.239 e. The molecule has 1 aromatic carbocycles. The van der Waals surface area contributed by atoms with Crippen molar-refractivity contribution in [3.8, 4) is 0 Å². The summed E-state index contributed by atoms with van der Waals surface area (Å²) >= 11 is 3.38. The minimum atomic E-state index is -0.403. The van der Waals surface area contributed by atoms with Crippen LogP contribution in [0.1, 0.15) is 12.0 Å². The predicted octanol–water partition coefficient (Wildman–Crippen LogP) is 1.13. The van der Waals surface area contributed by atoms with Crippen LogP contribution in [0.25, 0.3) is 0 Å². The Morgan fingerprint density at radius 2 is 2.17 bits per heavy atom. The second kappa shape index (κ2) is 5.82. The maximum absolute atomic E-state index is 12.1. The van der Waals surface area contributed by atoms with Gasteiger partial charge in [-0.2, -0.15) is 0 Å². The number of aliphatic hydroxyl groups is 1. The number of rotatable bonds is 3. The molecule has 0 saturated carbocycles. The SMILES string of the molecule is CN(Cc1ccc(Br)cc1)C(=O)C1CC(O)CN1. The lowest BCUT2D eigenvalue weighted by atomic mass is 10.1. The summed E-state index contributed by atoms with van der Waals surface area (Å²) in [7, 11) is 1.79. The van der Waals surface area contributed by atoms with E-state index in [4.69, 9.17) is 0 Å². The summed E-state index contributed by atoms with van der Waals surface area (Å²) < 4.78 is 1.03. The molecule has 2 N–H and O–H groups in total. The molecule has 0 spiro atoms. The van der Waals surface area contributed by atoms with Gasteiger partial charge < -0.3 is 15.3 Å². The monoisotopic (exact) mass is 312 g/mol. The Hall–Kier alpha value is -0.910. The average molecular weight is 313 g/mol. The second-order valence-corrected chi connectivity index (χ2v) is 5.59. The minimum absolute atomic E-state index is 0.0365. The van der Waals surface area contributed by atoms with Crippen molar-refractivity contribution in [2.45, 2.75) is 25.1 Å². The molecule has 2 unspecified atom stereocenters. The summed E-state index contributed by atoms with van der Waals surface area (Å²) in [6.45, 7) is 1.09. The Balaban J connectivity index is 1.93. The van der Waals surface area contributed by atoms with E-state index in [1.54, 1.807) is 11.9 Å². The average Bonchev–Trinajstić information content (AvgIpc) is 2.78. The van der Waals surface area contributed by atoms with Crippen molar-refractivity contribution in [2.75, 3.05) is 13.6 Å². The van der Waals surface area contributed by atoms with Crippen molar-refractivity contribution in [3.05, 3.63) is 34.3 Å². The van der Waals surface area contributed by atoms with Gasteiger partial charge in [-0.05, 0) is 24.1 Å². The Kier molecular flexibility index (Phi) is 4.37. The number of aliphatic hydroxyl groups excluding tert-OH is 1. The predicted molar refractivity (Wildman–Crippen MR) is 73.0 cm³/mol. The van der Waals surface area contributed by atoms with Crippen LogP contribution in [-0.2, 0) is 11.3 Å². The van der Waals surface area contributed by atoms with Gasteiger partial charge in [0.15, 0.2) is 0 Å². The maximum atomic E-state index is 12.1. The summed E-state index contributed by atoms with van der Waals surface area (Å²) in [5.41, 5.74) is 1.09. The molecule has 2 rings (SSSR count). The van der Waals surface area contributed by atoms with Crippen molar-refractivity contribution in [3.63, 3.8) is 0 Å². The summed E-state index contributed by atoms with van der Waals surface area (Å²) in [5, 5.41) is 12.4. The van der Waals surface area contributed by atoms with Gasteiger partial charge in [0.25, 0.3) is 0 Å². The van der Waals surface area contributed by atoms with Gasteiger partial charge in [-0.15, -0.1) is 0 Å². The van der Waals surface area contributed by atoms with Crippen LogP contribution in [0, 0.1) is 0 Å². The summed E-state index contributed by atoms with van der Waals surface area (Å²) in [5.74, 6) is 0.0365. The van der Waals surface area contributed by atoms with Gasteiger partial charge in [-0.3, -0.25) is 4.79 Å². The molecule has 1 saturated heterocycles. The molecule has 1 aliphatic heterocycles. The Labute approximate surface area is 115 Å². The van der Waals surface area contributed by atoms with Gasteiger partial charge in [0, 0.05) is 24.6 Å². The minimum Gasteiger partial charge on any atom is -0.392 e. The zero-order valence-electron chi connectivity index (χ0n) is 10.3. The van der Waals surface area contributed by atoms with Gasteiger partial charge in [-0.1, -0.05) is 28.1 Å². The first kappa shape index (κ1) is 13.5. The van der Waals surface area contributed by atoms with Crippen LogP contribution in [0.4, 0.5) is 0 Å². The van der Waals surface area contributed by atoms with E-state index in [1.807, 2.05) is 24.3 Å². The Morgan fingerprint density at radius 3 is 2.72 bits per heavy atom. The molecule has 4 nitrogen and oxygen atoms in total. The van der Waals surface area contributed by atoms with Crippen molar-refractivity contribution in [1.82, 2.24) is 10.2 Å². The fourth-order valence-corrected chi connectivity index (χ4v) is 2.38. The van der Waals surface area contributed by atoms with Crippen LogP contribution in [0.3, 0.4) is 0 Å². The number of hydrogen-bond acceptors (Lipinski definition) is 3. The van der Waals surface area contributed by atoms with E-state index in [2.05, 4.69) is 21.2 Å². The third-order valence-corrected chi connectivity index (χ3v) is 3.64. The van der Waals surface area contributed by atoms with E-state index in [9.17, 15) is 9.90 Å². The number of likely N-dealkylation sites (N-methyl/N-ethyl adjacent to an activating group) is 1. The molecule has 1 amide bonds. The lowest BCUT2D eigenvalue weighted by Gasteiger charge is -2.21. The molecule has 0 aliphatic carbocycles. The lowest BCUT2D eigenvalue weighted by Crippen LogP contribution is -2.41. The highest BCUT2D eigenvalue weighted by atomic mass is 79.9. The molecule has 1 fully saturated rings. The lowest BCUT2D eigenvalue weighted by molar-refractivity contribution is -0.132. The van der Waals surface area contributed by atoms with Crippen LogP contribution in [0.5, 0.6) is 0 Å². The zero-order valence-corrected chi connectivity index (χ0v) is 11.9. The zero-order chi connectivity index (χ0) is 13.1. The molecular weight excluding hydrogens is 296 g/mol. The highest BCUT2D eigenvalue weighted by Gasteiger charge is 2.29. The Morgan fingerprint density at radius 1 is 1.50 bits per heavy atom. The first-order valence-electron chi connectivity index (χ1n) is 5.97. The van der Waals surface area contributed by atoms with Gasteiger partial charge in [0.05, 0.1) is 12.1 Å². The summed E-state index contributed by atoms with van der Waals surface area (Å²) in [4.78, 5) is 13.8. The Bertz CT molecular complexity index is 422. The molecule has 1 aromatic rings. The van der Waals surface area contributed by atoms with Gasteiger partial charge in [0.2, 0.25) is 5.91 Å². The van der Waals surface area contributed by atoms with Gasteiger partial charge in [-0.25, -0.2) is 0 Å². The molecular formula is C13H17BrN2O2. The quantitative estimate of drug-likeness (QED) is 0.880. The number of nitrogens with one attached hydrogen (secondary N) is 1. The smallest absolute Gasteiger partial charge is 0.239 e. The number of β-amino-alcohol motifs (C(OH)–C–C–N with tert-alkyl or cyclic N) is 1. The number of hydrogen-bond donors (Lipinski definition) is 2. The fourth-order valence-electron chi connectivity index (χ4n) is 2.11. The number of carbonyl (C=O) groups excluding carboxylic acids is 1. The normalized spacial score (nSPS) is 23.1. The van der Waals surface area contributed by atoms with Gasteiger partial charge in [0.1, 0.15) is 0 Å². The number of nitrogens with zero attached hydrogens (tertiary/aromatic N) is 1. The highest BCUT2D eigenvalue weighted by molar-refractivity contribution is 9.10. The standard InChI is InChI=1S/C13H17BrN2O2/c1-16(8-9-2-4-10(14)5-3-9)13(18)12-6-11(17)7-15-12/h2-5,11-12,15,17H,6-8H2,1H3. The fraction of sp³-hybridized carbons (Fsp3) is 0.462. The number of benzene rings is 1. The van der Waals surface area contributed by atoms with E-state index >= 15 is 0 Å². The summed E-state index contributed by atoms with van der Waals surface area (Å²) in [6.07, 6.45) is 0.101. The van der Waals surface area contributed by atoms with Crippen molar-refractivity contribution in [2.24, 2.45) is 0 Å². The molecule has 1 aliphatic rings. The number of carbonyl (C=O) groups is 1. The molecule has 1 heterocycles. The molecule has 2 atom stereocenters. The third-order valence-electron chi connectivity index (χ3n) is 3.11. The van der Waals surface area contributed by atoms with Crippen LogP contribution < -0.4 is 5.32 Å². The largest absolute Gasteiger partial charge is 0.392 e. The van der Waals surface area contributed by atoms with E-state index in [0.717, 1.165) is 10.0 Å². The van der Waals surface area contributed by atoms with Crippen molar-refractivity contribution < 1.29 is 9.90 Å². The van der Waals surface area contributed by atoms with Crippen molar-refractivity contribution >= 4 is 21.8 Å². The molecule has 18 heavy (non-hydrogen) atoms. The first-order valence-corrected chi connectivity index (χ1v) is 6.76. The molecule has 0 aromatic heterocycles.